The van der Waals surface area contributed by atoms with Gasteiger partial charge in [0.05, 0.1) is 0 Å². The van der Waals surface area contributed by atoms with Crippen LogP contribution < -0.4 is 16.0 Å². The van der Waals surface area contributed by atoms with Crippen LogP contribution in [-0.4, -0.2) is 17.7 Å². The number of aryl methyl sites for hydroxylation is 1. The highest BCUT2D eigenvalue weighted by atomic mass is 35.5. The minimum absolute atomic E-state index is 0.0971. The minimum Gasteiger partial charge on any atom is -0.325 e. The molecule has 46 heavy (non-hydrogen) atoms. The summed E-state index contributed by atoms with van der Waals surface area (Å²) >= 11 is 13.6. The molecule has 0 heterocycles. The van der Waals surface area contributed by atoms with E-state index in [1.807, 2.05) is 79.7 Å². The average molecular weight is 667 g/mol. The van der Waals surface area contributed by atoms with Crippen LogP contribution >= 0.6 is 35.0 Å². The summed E-state index contributed by atoms with van der Waals surface area (Å²) < 4.78 is 0. The Balaban J connectivity index is 1.33. The molecule has 0 spiro atoms. The Hall–Kier alpha value is -4.82. The number of carbonyl (C=O) groups is 3. The van der Waals surface area contributed by atoms with Crippen LogP contribution in [0.5, 0.6) is 0 Å². The summed E-state index contributed by atoms with van der Waals surface area (Å²) in [5.74, 6) is -1.12. The van der Waals surface area contributed by atoms with Crippen molar-refractivity contribution in [2.75, 3.05) is 10.6 Å². The monoisotopic (exact) mass is 665 g/mol. The standard InChI is InChI=1S/C37H29Cl2N3O3S/c1-24-9-8-10-25(19-24)20-33(42-35(43)27-13-6-3-7-14-27)36(44)40-30-15-17-32(18-16-30)46-34(26-11-4-2-5-12-26)37(45)41-31-22-28(38)21-29(39)23-31/h2-23,34H,1H3,(H,40,44)(H,41,45)(H,42,43)/b33-20-. The van der Waals surface area contributed by atoms with Gasteiger partial charge in [-0.05, 0) is 78.7 Å². The predicted octanol–water partition coefficient (Wildman–Crippen LogP) is 9.18. The molecule has 6 nitrogen and oxygen atoms in total. The zero-order chi connectivity index (χ0) is 32.5. The van der Waals surface area contributed by atoms with Crippen molar-refractivity contribution in [2.45, 2.75) is 17.1 Å². The van der Waals surface area contributed by atoms with E-state index in [4.69, 9.17) is 23.2 Å². The quantitative estimate of drug-likeness (QED) is 0.103. The lowest BCUT2D eigenvalue weighted by Crippen LogP contribution is -2.30. The molecule has 0 bridgehead atoms. The summed E-state index contributed by atoms with van der Waals surface area (Å²) in [5.41, 5.74) is 4.16. The molecule has 1 unspecified atom stereocenters. The molecule has 0 aromatic heterocycles. The molecule has 0 aliphatic heterocycles. The van der Waals surface area contributed by atoms with Gasteiger partial charge in [0.2, 0.25) is 5.91 Å². The number of benzene rings is 5. The zero-order valence-corrected chi connectivity index (χ0v) is 27.0. The highest BCUT2D eigenvalue weighted by Crippen LogP contribution is 2.37. The first-order valence-electron chi connectivity index (χ1n) is 14.3. The number of hydrogen-bond donors (Lipinski definition) is 3. The van der Waals surface area contributed by atoms with Crippen LogP contribution in [-0.2, 0) is 9.59 Å². The Kier molecular flexibility index (Phi) is 10.9. The van der Waals surface area contributed by atoms with Gasteiger partial charge >= 0.3 is 0 Å². The van der Waals surface area contributed by atoms with E-state index in [0.717, 1.165) is 21.6 Å². The molecule has 0 aliphatic carbocycles. The van der Waals surface area contributed by atoms with Crippen molar-refractivity contribution < 1.29 is 14.4 Å². The summed E-state index contributed by atoms with van der Waals surface area (Å²) in [6.07, 6.45) is 1.64. The fraction of sp³-hybridized carbons (Fsp3) is 0.0541. The number of hydrogen-bond acceptors (Lipinski definition) is 4. The molecule has 0 saturated heterocycles. The van der Waals surface area contributed by atoms with Crippen LogP contribution in [0, 0.1) is 6.92 Å². The maximum atomic E-state index is 13.5. The molecular weight excluding hydrogens is 637 g/mol. The van der Waals surface area contributed by atoms with Crippen molar-refractivity contribution in [3.63, 3.8) is 0 Å². The molecule has 0 radical (unpaired) electrons. The second-order valence-corrected chi connectivity index (χ2v) is 12.4. The molecule has 1 atom stereocenters. The van der Waals surface area contributed by atoms with E-state index in [9.17, 15) is 14.4 Å². The van der Waals surface area contributed by atoms with Crippen molar-refractivity contribution in [3.05, 3.63) is 165 Å². The zero-order valence-electron chi connectivity index (χ0n) is 24.7. The van der Waals surface area contributed by atoms with E-state index >= 15 is 0 Å². The Morgan fingerprint density at radius 3 is 2.00 bits per heavy atom. The lowest BCUT2D eigenvalue weighted by atomic mass is 10.1. The molecule has 3 amide bonds. The average Bonchev–Trinajstić information content (AvgIpc) is 3.04. The second-order valence-electron chi connectivity index (χ2n) is 10.3. The Morgan fingerprint density at radius 1 is 0.696 bits per heavy atom. The molecular formula is C37H29Cl2N3O3S. The van der Waals surface area contributed by atoms with Crippen LogP contribution in [0.25, 0.3) is 6.08 Å². The third-order valence-corrected chi connectivity index (χ3v) is 8.42. The lowest BCUT2D eigenvalue weighted by Gasteiger charge is -2.18. The van der Waals surface area contributed by atoms with Gasteiger partial charge < -0.3 is 16.0 Å². The normalized spacial score (nSPS) is 11.8. The Morgan fingerprint density at radius 2 is 1.35 bits per heavy atom. The molecule has 0 aliphatic rings. The van der Waals surface area contributed by atoms with Crippen molar-refractivity contribution in [1.82, 2.24) is 5.32 Å². The topological polar surface area (TPSA) is 87.3 Å². The van der Waals surface area contributed by atoms with E-state index < -0.39 is 17.1 Å². The fourth-order valence-electron chi connectivity index (χ4n) is 4.55. The molecule has 5 rings (SSSR count). The Labute approximate surface area is 281 Å². The van der Waals surface area contributed by atoms with E-state index in [2.05, 4.69) is 16.0 Å². The van der Waals surface area contributed by atoms with Crippen LogP contribution in [0.1, 0.15) is 32.3 Å². The van der Waals surface area contributed by atoms with Gasteiger partial charge in [-0.25, -0.2) is 0 Å². The number of thioether (sulfide) groups is 1. The van der Waals surface area contributed by atoms with Gasteiger partial charge in [-0.2, -0.15) is 0 Å². The number of anilines is 2. The summed E-state index contributed by atoms with van der Waals surface area (Å²) in [6.45, 7) is 1.96. The van der Waals surface area contributed by atoms with Gasteiger partial charge in [-0.15, -0.1) is 11.8 Å². The molecule has 9 heteroatoms. The van der Waals surface area contributed by atoms with Crippen LogP contribution in [0.2, 0.25) is 10.0 Å². The van der Waals surface area contributed by atoms with Gasteiger partial charge in [0.1, 0.15) is 10.9 Å². The SMILES string of the molecule is Cc1cccc(/C=C(\NC(=O)c2ccccc2)C(=O)Nc2ccc(SC(C(=O)Nc3cc(Cl)cc(Cl)c3)c3ccccc3)cc2)c1. The van der Waals surface area contributed by atoms with Gasteiger partial charge in [-0.3, -0.25) is 14.4 Å². The third kappa shape index (κ3) is 9.11. The maximum Gasteiger partial charge on any atom is 0.272 e. The first-order chi connectivity index (χ1) is 22.2. The van der Waals surface area contributed by atoms with E-state index in [1.165, 1.54) is 11.8 Å². The lowest BCUT2D eigenvalue weighted by molar-refractivity contribution is -0.116. The smallest absolute Gasteiger partial charge is 0.272 e. The summed E-state index contributed by atoms with van der Waals surface area (Å²) in [7, 11) is 0. The van der Waals surface area contributed by atoms with Crippen LogP contribution in [0.3, 0.4) is 0 Å². The summed E-state index contributed by atoms with van der Waals surface area (Å²) in [5, 5.41) is 8.80. The highest BCUT2D eigenvalue weighted by molar-refractivity contribution is 8.00. The Bertz CT molecular complexity index is 1860. The fourth-order valence-corrected chi connectivity index (χ4v) is 6.11. The van der Waals surface area contributed by atoms with Crippen molar-refractivity contribution in [1.29, 1.82) is 0 Å². The number of rotatable bonds is 10. The summed E-state index contributed by atoms with van der Waals surface area (Å²) in [6, 6.07) is 37.8. The van der Waals surface area contributed by atoms with E-state index in [0.29, 0.717) is 27.0 Å². The van der Waals surface area contributed by atoms with Gasteiger partial charge in [-0.1, -0.05) is 102 Å². The van der Waals surface area contributed by atoms with Crippen LogP contribution in [0.4, 0.5) is 11.4 Å². The summed E-state index contributed by atoms with van der Waals surface area (Å²) in [4.78, 5) is 40.7. The second kappa shape index (κ2) is 15.5. The number of amides is 3. The first-order valence-corrected chi connectivity index (χ1v) is 15.9. The predicted molar refractivity (Wildman–Crippen MR) is 188 cm³/mol. The molecule has 230 valence electrons. The van der Waals surface area contributed by atoms with Crippen molar-refractivity contribution in [3.8, 4) is 0 Å². The van der Waals surface area contributed by atoms with E-state index in [1.54, 1.807) is 60.7 Å². The third-order valence-electron chi connectivity index (χ3n) is 6.72. The first kappa shape index (κ1) is 32.6. The highest BCUT2D eigenvalue weighted by Gasteiger charge is 2.23. The largest absolute Gasteiger partial charge is 0.325 e. The number of halogens is 2. The van der Waals surface area contributed by atoms with Gasteiger partial charge in [0.15, 0.2) is 0 Å². The molecule has 0 saturated carbocycles. The molecule has 3 N–H and O–H groups in total. The van der Waals surface area contributed by atoms with Crippen LogP contribution in [0.15, 0.2) is 138 Å². The molecule has 5 aromatic rings. The number of carbonyl (C=O) groups excluding carboxylic acids is 3. The minimum atomic E-state index is -0.587. The maximum absolute atomic E-state index is 13.5. The van der Waals surface area contributed by atoms with Crippen molar-refractivity contribution >= 4 is 70.1 Å². The van der Waals surface area contributed by atoms with E-state index in [-0.39, 0.29) is 11.6 Å². The number of nitrogens with one attached hydrogen (secondary N) is 3. The molecule has 5 aromatic carbocycles. The van der Waals surface area contributed by atoms with Gasteiger partial charge in [0.25, 0.3) is 11.8 Å². The van der Waals surface area contributed by atoms with Crippen molar-refractivity contribution in [2.24, 2.45) is 0 Å². The van der Waals surface area contributed by atoms with Gasteiger partial charge in [0, 0.05) is 31.9 Å². The molecule has 0 fully saturated rings.